The van der Waals surface area contributed by atoms with Crippen LogP contribution in [0.5, 0.6) is 5.75 Å². The molecule has 26 heavy (non-hydrogen) atoms. The summed E-state index contributed by atoms with van der Waals surface area (Å²) in [6.07, 6.45) is 2.52. The molecular weight excluding hydrogens is 328 g/mol. The molecule has 1 fully saturated rings. The van der Waals surface area contributed by atoms with Crippen LogP contribution >= 0.6 is 0 Å². The SMILES string of the molecule is COC1(C(=O)NCc2ccc(C)cc2OC(C)CC(C)C)CCNCC1. The van der Waals surface area contributed by atoms with Crippen molar-refractivity contribution in [3.8, 4) is 5.75 Å². The highest BCUT2D eigenvalue weighted by Crippen LogP contribution is 2.25. The second-order valence-corrected chi connectivity index (χ2v) is 7.80. The molecule has 0 aromatic heterocycles. The Labute approximate surface area is 157 Å². The third-order valence-corrected chi connectivity index (χ3v) is 5.01. The summed E-state index contributed by atoms with van der Waals surface area (Å²) in [5.74, 6) is 1.40. The van der Waals surface area contributed by atoms with Gasteiger partial charge < -0.3 is 20.1 Å². The van der Waals surface area contributed by atoms with Gasteiger partial charge in [-0.2, -0.15) is 0 Å². The van der Waals surface area contributed by atoms with Crippen LogP contribution in [0.3, 0.4) is 0 Å². The normalized spacial score (nSPS) is 17.8. The average molecular weight is 363 g/mol. The third kappa shape index (κ3) is 5.45. The van der Waals surface area contributed by atoms with Gasteiger partial charge in [-0.05, 0) is 63.7 Å². The molecule has 5 nitrogen and oxygen atoms in total. The summed E-state index contributed by atoms with van der Waals surface area (Å²) >= 11 is 0. The van der Waals surface area contributed by atoms with E-state index < -0.39 is 5.60 Å². The number of benzene rings is 1. The van der Waals surface area contributed by atoms with E-state index >= 15 is 0 Å². The standard InChI is InChI=1S/C21H34N2O3/c1-15(2)12-17(4)26-19-13-16(3)6-7-18(19)14-23-20(24)21(25-5)8-10-22-11-9-21/h6-7,13,15,17,22H,8-12,14H2,1-5H3,(H,23,24). The van der Waals surface area contributed by atoms with Gasteiger partial charge in [0.1, 0.15) is 11.4 Å². The first-order valence-corrected chi connectivity index (χ1v) is 9.66. The maximum Gasteiger partial charge on any atom is 0.252 e. The van der Waals surface area contributed by atoms with Gasteiger partial charge >= 0.3 is 0 Å². The van der Waals surface area contributed by atoms with Crippen molar-refractivity contribution in [2.24, 2.45) is 5.92 Å². The number of carbonyl (C=O) groups excluding carboxylic acids is 1. The van der Waals surface area contributed by atoms with Gasteiger partial charge in [0, 0.05) is 19.2 Å². The van der Waals surface area contributed by atoms with Crippen LogP contribution in [0.15, 0.2) is 18.2 Å². The van der Waals surface area contributed by atoms with Crippen molar-refractivity contribution >= 4 is 5.91 Å². The molecule has 1 aromatic rings. The van der Waals surface area contributed by atoms with E-state index in [4.69, 9.17) is 9.47 Å². The highest BCUT2D eigenvalue weighted by atomic mass is 16.5. The molecule has 0 saturated carbocycles. The van der Waals surface area contributed by atoms with E-state index in [9.17, 15) is 4.79 Å². The number of rotatable bonds is 8. The molecule has 5 heteroatoms. The van der Waals surface area contributed by atoms with Gasteiger partial charge in [0.25, 0.3) is 5.91 Å². The Bertz CT molecular complexity index is 595. The lowest BCUT2D eigenvalue weighted by Gasteiger charge is -2.34. The molecule has 146 valence electrons. The van der Waals surface area contributed by atoms with Crippen molar-refractivity contribution in [2.75, 3.05) is 20.2 Å². The lowest BCUT2D eigenvalue weighted by atomic mass is 9.91. The van der Waals surface area contributed by atoms with Crippen LogP contribution in [-0.4, -0.2) is 37.8 Å². The second kappa shape index (κ2) is 9.38. The minimum atomic E-state index is -0.720. The minimum absolute atomic E-state index is 0.0387. The number of ether oxygens (including phenoxy) is 2. The van der Waals surface area contributed by atoms with Gasteiger partial charge in [-0.3, -0.25) is 4.79 Å². The molecule has 1 aromatic carbocycles. The Balaban J connectivity index is 2.05. The van der Waals surface area contributed by atoms with E-state index in [0.29, 0.717) is 25.3 Å². The fourth-order valence-electron chi connectivity index (χ4n) is 3.54. The van der Waals surface area contributed by atoms with E-state index in [1.165, 1.54) is 0 Å². The first kappa shape index (κ1) is 20.7. The van der Waals surface area contributed by atoms with Gasteiger partial charge in [-0.25, -0.2) is 0 Å². The lowest BCUT2D eigenvalue weighted by Crippen LogP contribution is -2.53. The molecule has 1 heterocycles. The predicted molar refractivity (Wildman–Crippen MR) is 104 cm³/mol. The van der Waals surface area contributed by atoms with Gasteiger partial charge in [0.05, 0.1) is 6.10 Å². The molecule has 0 spiro atoms. The fourth-order valence-corrected chi connectivity index (χ4v) is 3.54. The van der Waals surface area contributed by atoms with E-state index in [2.05, 4.69) is 50.5 Å². The van der Waals surface area contributed by atoms with Crippen LogP contribution in [0.25, 0.3) is 0 Å². The minimum Gasteiger partial charge on any atom is -0.490 e. The van der Waals surface area contributed by atoms with Gasteiger partial charge in [-0.1, -0.05) is 26.0 Å². The number of hydrogen-bond donors (Lipinski definition) is 2. The predicted octanol–water partition coefficient (Wildman–Crippen LogP) is 3.19. The van der Waals surface area contributed by atoms with Crippen LogP contribution in [0.2, 0.25) is 0 Å². The quantitative estimate of drug-likeness (QED) is 0.746. The topological polar surface area (TPSA) is 59.6 Å². The maximum absolute atomic E-state index is 12.8. The maximum atomic E-state index is 12.8. The van der Waals surface area contributed by atoms with Crippen molar-refractivity contribution < 1.29 is 14.3 Å². The zero-order valence-corrected chi connectivity index (χ0v) is 16.9. The molecule has 1 saturated heterocycles. The summed E-state index contributed by atoms with van der Waals surface area (Å²) < 4.78 is 11.8. The van der Waals surface area contributed by atoms with Gasteiger partial charge in [-0.15, -0.1) is 0 Å². The monoisotopic (exact) mass is 362 g/mol. The van der Waals surface area contributed by atoms with Crippen molar-refractivity contribution in [3.63, 3.8) is 0 Å². The van der Waals surface area contributed by atoms with Crippen LogP contribution in [0.4, 0.5) is 0 Å². The molecule has 0 radical (unpaired) electrons. The molecule has 1 amide bonds. The molecule has 1 atom stereocenters. The number of aryl methyl sites for hydroxylation is 1. The second-order valence-electron chi connectivity index (χ2n) is 7.80. The van der Waals surface area contributed by atoms with Crippen LogP contribution in [-0.2, 0) is 16.1 Å². The van der Waals surface area contributed by atoms with Crippen LogP contribution in [0.1, 0.15) is 51.2 Å². The van der Waals surface area contributed by atoms with Gasteiger partial charge in [0.15, 0.2) is 0 Å². The van der Waals surface area contributed by atoms with Crippen molar-refractivity contribution in [1.29, 1.82) is 0 Å². The summed E-state index contributed by atoms with van der Waals surface area (Å²) in [7, 11) is 1.62. The number of carbonyl (C=O) groups is 1. The zero-order valence-electron chi connectivity index (χ0n) is 16.9. The largest absolute Gasteiger partial charge is 0.490 e. The van der Waals surface area contributed by atoms with E-state index in [1.807, 2.05) is 6.07 Å². The smallest absolute Gasteiger partial charge is 0.252 e. The molecule has 0 bridgehead atoms. The Morgan fingerprint density at radius 1 is 1.27 bits per heavy atom. The highest BCUT2D eigenvalue weighted by Gasteiger charge is 2.39. The van der Waals surface area contributed by atoms with Crippen molar-refractivity contribution in [1.82, 2.24) is 10.6 Å². The first-order valence-electron chi connectivity index (χ1n) is 9.66. The number of hydrogen-bond acceptors (Lipinski definition) is 4. The number of amides is 1. The zero-order chi connectivity index (χ0) is 19.2. The highest BCUT2D eigenvalue weighted by molar-refractivity contribution is 5.85. The van der Waals surface area contributed by atoms with E-state index in [-0.39, 0.29) is 12.0 Å². The van der Waals surface area contributed by atoms with Gasteiger partial charge in [0.2, 0.25) is 0 Å². The number of methoxy groups -OCH3 is 1. The Morgan fingerprint density at radius 3 is 2.58 bits per heavy atom. The molecule has 2 rings (SSSR count). The number of nitrogens with one attached hydrogen (secondary N) is 2. The molecule has 0 aliphatic carbocycles. The van der Waals surface area contributed by atoms with Crippen molar-refractivity contribution in [3.05, 3.63) is 29.3 Å². The molecule has 2 N–H and O–H groups in total. The summed E-state index contributed by atoms with van der Waals surface area (Å²) in [6, 6.07) is 6.14. The Hall–Kier alpha value is -1.59. The average Bonchev–Trinajstić information content (AvgIpc) is 2.60. The third-order valence-electron chi connectivity index (χ3n) is 5.01. The van der Waals surface area contributed by atoms with Crippen molar-refractivity contribution in [2.45, 2.75) is 65.2 Å². The summed E-state index contributed by atoms with van der Waals surface area (Å²) in [6.45, 7) is 10.6. The van der Waals surface area contributed by atoms with E-state index in [0.717, 1.165) is 36.4 Å². The van der Waals surface area contributed by atoms with E-state index in [1.54, 1.807) is 7.11 Å². The summed E-state index contributed by atoms with van der Waals surface area (Å²) in [5.41, 5.74) is 1.43. The molecule has 1 unspecified atom stereocenters. The summed E-state index contributed by atoms with van der Waals surface area (Å²) in [5, 5.41) is 6.34. The molecule has 1 aliphatic heterocycles. The molecule has 1 aliphatic rings. The lowest BCUT2D eigenvalue weighted by molar-refractivity contribution is -0.146. The first-order chi connectivity index (χ1) is 12.4. The van der Waals surface area contributed by atoms with Crippen LogP contribution in [0, 0.1) is 12.8 Å². The molecular formula is C21H34N2O3. The Morgan fingerprint density at radius 2 is 1.96 bits per heavy atom. The fraction of sp³-hybridized carbons (Fsp3) is 0.667. The number of piperidine rings is 1. The summed E-state index contributed by atoms with van der Waals surface area (Å²) in [4.78, 5) is 12.8. The Kier molecular flexibility index (Phi) is 7.47. The van der Waals surface area contributed by atoms with Crippen LogP contribution < -0.4 is 15.4 Å².